The second-order valence-electron chi connectivity index (χ2n) is 3.75. The Morgan fingerprint density at radius 3 is 2.67 bits per heavy atom. The van der Waals surface area contributed by atoms with Crippen molar-refractivity contribution in [1.29, 1.82) is 0 Å². The van der Waals surface area contributed by atoms with Crippen LogP contribution in [0.4, 0.5) is 0 Å². The molecule has 0 radical (unpaired) electrons. The topological polar surface area (TPSA) is 26.3 Å². The van der Waals surface area contributed by atoms with E-state index in [9.17, 15) is 4.79 Å². The van der Waals surface area contributed by atoms with E-state index >= 15 is 0 Å². The SMILES string of the molecule is CCC1OC(C)(C)C(C)=CC1=O. The van der Waals surface area contributed by atoms with Gasteiger partial charge in [-0.2, -0.15) is 0 Å². The third kappa shape index (κ3) is 1.58. The molecule has 0 aromatic heterocycles. The van der Waals surface area contributed by atoms with Crippen molar-refractivity contribution in [3.05, 3.63) is 11.6 Å². The Labute approximate surface area is 73.6 Å². The summed E-state index contributed by atoms with van der Waals surface area (Å²) in [6.07, 6.45) is 2.23. The van der Waals surface area contributed by atoms with Crippen LogP contribution in [-0.2, 0) is 9.53 Å². The standard InChI is InChI=1S/C10H16O2/c1-5-9-8(11)6-7(2)10(3,4)12-9/h6,9H,5H2,1-4H3. The summed E-state index contributed by atoms with van der Waals surface area (Å²) in [6.45, 7) is 7.89. The van der Waals surface area contributed by atoms with Crippen LogP contribution in [0.25, 0.3) is 0 Å². The molecule has 1 aliphatic rings. The zero-order valence-electron chi connectivity index (χ0n) is 8.18. The molecule has 1 aliphatic heterocycles. The zero-order chi connectivity index (χ0) is 9.35. The molecule has 0 aliphatic carbocycles. The zero-order valence-corrected chi connectivity index (χ0v) is 8.18. The van der Waals surface area contributed by atoms with E-state index in [4.69, 9.17) is 4.74 Å². The Bertz CT molecular complexity index is 226. The Hall–Kier alpha value is -0.630. The average molecular weight is 168 g/mol. The Kier molecular flexibility index (Phi) is 2.38. The van der Waals surface area contributed by atoms with Gasteiger partial charge in [-0.3, -0.25) is 4.79 Å². The lowest BCUT2D eigenvalue weighted by molar-refractivity contribution is -0.137. The molecule has 0 saturated carbocycles. The molecule has 1 atom stereocenters. The van der Waals surface area contributed by atoms with Gasteiger partial charge in [-0.15, -0.1) is 0 Å². The highest BCUT2D eigenvalue weighted by Gasteiger charge is 2.32. The predicted octanol–water partition coefficient (Wildman–Crippen LogP) is 2.09. The molecule has 1 unspecified atom stereocenters. The highest BCUT2D eigenvalue weighted by atomic mass is 16.5. The van der Waals surface area contributed by atoms with Gasteiger partial charge in [-0.25, -0.2) is 0 Å². The third-order valence-corrected chi connectivity index (χ3v) is 2.43. The second-order valence-corrected chi connectivity index (χ2v) is 3.75. The number of ether oxygens (including phenoxy) is 1. The molecule has 1 heterocycles. The highest BCUT2D eigenvalue weighted by Crippen LogP contribution is 2.27. The van der Waals surface area contributed by atoms with E-state index in [0.717, 1.165) is 12.0 Å². The van der Waals surface area contributed by atoms with E-state index in [1.54, 1.807) is 6.08 Å². The fourth-order valence-corrected chi connectivity index (χ4v) is 1.27. The van der Waals surface area contributed by atoms with Gasteiger partial charge in [0.15, 0.2) is 5.78 Å². The minimum Gasteiger partial charge on any atom is -0.360 e. The van der Waals surface area contributed by atoms with Gasteiger partial charge in [-0.05, 0) is 38.8 Å². The van der Waals surface area contributed by atoms with Crippen LogP contribution >= 0.6 is 0 Å². The van der Waals surface area contributed by atoms with Gasteiger partial charge >= 0.3 is 0 Å². The lowest BCUT2D eigenvalue weighted by Gasteiger charge is -2.34. The normalized spacial score (nSPS) is 28.5. The molecule has 0 aromatic rings. The van der Waals surface area contributed by atoms with Crippen LogP contribution in [-0.4, -0.2) is 17.5 Å². The number of rotatable bonds is 1. The van der Waals surface area contributed by atoms with Crippen LogP contribution < -0.4 is 0 Å². The molecule has 12 heavy (non-hydrogen) atoms. The summed E-state index contributed by atoms with van der Waals surface area (Å²) >= 11 is 0. The molecular weight excluding hydrogens is 152 g/mol. The minimum absolute atomic E-state index is 0.106. The van der Waals surface area contributed by atoms with Crippen molar-refractivity contribution in [3.63, 3.8) is 0 Å². The van der Waals surface area contributed by atoms with Gasteiger partial charge in [0.1, 0.15) is 6.10 Å². The number of carbonyl (C=O) groups is 1. The van der Waals surface area contributed by atoms with E-state index in [1.807, 2.05) is 27.7 Å². The minimum atomic E-state index is -0.269. The summed E-state index contributed by atoms with van der Waals surface area (Å²) in [4.78, 5) is 11.3. The lowest BCUT2D eigenvalue weighted by Crippen LogP contribution is -2.40. The molecule has 0 spiro atoms. The number of hydrogen-bond acceptors (Lipinski definition) is 2. The Balaban J connectivity index is 2.90. The quantitative estimate of drug-likeness (QED) is 0.599. The largest absolute Gasteiger partial charge is 0.360 e. The van der Waals surface area contributed by atoms with Crippen molar-refractivity contribution in [1.82, 2.24) is 0 Å². The van der Waals surface area contributed by atoms with Crippen molar-refractivity contribution in [2.75, 3.05) is 0 Å². The first-order valence-corrected chi connectivity index (χ1v) is 4.38. The third-order valence-electron chi connectivity index (χ3n) is 2.43. The fraction of sp³-hybridized carbons (Fsp3) is 0.700. The van der Waals surface area contributed by atoms with Crippen LogP contribution in [0.15, 0.2) is 11.6 Å². The van der Waals surface area contributed by atoms with Gasteiger partial charge in [-0.1, -0.05) is 6.92 Å². The molecule has 0 amide bonds. The van der Waals surface area contributed by atoms with Crippen LogP contribution in [0.3, 0.4) is 0 Å². The number of ketones is 1. The lowest BCUT2D eigenvalue weighted by atomic mass is 9.93. The highest BCUT2D eigenvalue weighted by molar-refractivity contribution is 5.95. The summed E-state index contributed by atoms with van der Waals surface area (Å²) in [5.74, 6) is 0.106. The van der Waals surface area contributed by atoms with Gasteiger partial charge in [0.05, 0.1) is 5.60 Å². The van der Waals surface area contributed by atoms with Gasteiger partial charge in [0.2, 0.25) is 0 Å². The average Bonchev–Trinajstić information content (AvgIpc) is 1.97. The van der Waals surface area contributed by atoms with E-state index in [0.29, 0.717) is 0 Å². The first-order chi connectivity index (χ1) is 5.47. The molecule has 0 N–H and O–H groups in total. The molecule has 0 bridgehead atoms. The maximum Gasteiger partial charge on any atom is 0.184 e. The van der Waals surface area contributed by atoms with Crippen molar-refractivity contribution in [2.45, 2.75) is 45.8 Å². The summed E-state index contributed by atoms with van der Waals surface area (Å²) in [5, 5.41) is 0. The predicted molar refractivity (Wildman–Crippen MR) is 48.0 cm³/mol. The molecule has 0 aromatic carbocycles. The maximum atomic E-state index is 11.3. The summed E-state index contributed by atoms with van der Waals surface area (Å²) in [5.41, 5.74) is 0.742. The summed E-state index contributed by atoms with van der Waals surface area (Å²) < 4.78 is 5.63. The van der Waals surface area contributed by atoms with Crippen LogP contribution in [0.1, 0.15) is 34.1 Å². The van der Waals surface area contributed by atoms with Crippen molar-refractivity contribution in [3.8, 4) is 0 Å². The summed E-state index contributed by atoms with van der Waals surface area (Å²) in [6, 6.07) is 0. The van der Waals surface area contributed by atoms with Gasteiger partial charge in [0.25, 0.3) is 0 Å². The van der Waals surface area contributed by atoms with Crippen LogP contribution in [0.2, 0.25) is 0 Å². The van der Waals surface area contributed by atoms with Crippen molar-refractivity contribution in [2.24, 2.45) is 0 Å². The van der Waals surface area contributed by atoms with Crippen LogP contribution in [0, 0.1) is 0 Å². The first kappa shape index (κ1) is 9.46. The molecule has 0 saturated heterocycles. The Morgan fingerprint density at radius 1 is 1.58 bits per heavy atom. The van der Waals surface area contributed by atoms with E-state index in [1.165, 1.54) is 0 Å². The molecular formula is C10H16O2. The number of carbonyl (C=O) groups excluding carboxylic acids is 1. The number of hydrogen-bond donors (Lipinski definition) is 0. The first-order valence-electron chi connectivity index (χ1n) is 4.38. The van der Waals surface area contributed by atoms with Crippen molar-refractivity contribution >= 4 is 5.78 Å². The smallest absolute Gasteiger partial charge is 0.184 e. The molecule has 0 fully saturated rings. The molecule has 1 rings (SSSR count). The molecule has 68 valence electrons. The summed E-state index contributed by atoms with van der Waals surface area (Å²) in [7, 11) is 0. The van der Waals surface area contributed by atoms with Gasteiger partial charge < -0.3 is 4.74 Å². The fourth-order valence-electron chi connectivity index (χ4n) is 1.27. The van der Waals surface area contributed by atoms with E-state index in [-0.39, 0.29) is 17.5 Å². The van der Waals surface area contributed by atoms with E-state index < -0.39 is 0 Å². The van der Waals surface area contributed by atoms with Gasteiger partial charge in [0, 0.05) is 0 Å². The second kappa shape index (κ2) is 3.02. The monoisotopic (exact) mass is 168 g/mol. The Morgan fingerprint density at radius 2 is 2.17 bits per heavy atom. The molecule has 2 heteroatoms. The maximum absolute atomic E-state index is 11.3. The van der Waals surface area contributed by atoms with Crippen molar-refractivity contribution < 1.29 is 9.53 Å². The molecule has 2 nitrogen and oxygen atoms in total. The van der Waals surface area contributed by atoms with E-state index in [2.05, 4.69) is 0 Å². The van der Waals surface area contributed by atoms with Crippen LogP contribution in [0.5, 0.6) is 0 Å².